The quantitative estimate of drug-likeness (QED) is 0.456. The smallest absolute Gasteiger partial charge is 0.410 e. The van der Waals surface area contributed by atoms with Crippen molar-refractivity contribution in [3.05, 3.63) is 29.5 Å². The van der Waals surface area contributed by atoms with E-state index < -0.39 is 9.84 Å². The molecule has 3 heterocycles. The van der Waals surface area contributed by atoms with E-state index in [4.69, 9.17) is 30.5 Å². The minimum absolute atomic E-state index is 0.0443. The number of methoxy groups -OCH3 is 1. The van der Waals surface area contributed by atoms with E-state index in [2.05, 4.69) is 9.97 Å². The van der Waals surface area contributed by atoms with Gasteiger partial charge in [0, 0.05) is 24.9 Å². The Bertz CT molecular complexity index is 1270. The fourth-order valence-electron chi connectivity index (χ4n) is 5.03. The fourth-order valence-corrected chi connectivity index (χ4v) is 7.00. The highest BCUT2D eigenvalue weighted by atomic mass is 35.5. The molecule has 1 saturated carbocycles. The summed E-state index contributed by atoms with van der Waals surface area (Å²) in [6.45, 7) is 3.68. The summed E-state index contributed by atoms with van der Waals surface area (Å²) in [6, 6.07) is 4.46. The number of aromatic nitrogens is 2. The second-order valence-corrected chi connectivity index (χ2v) is 12.5. The van der Waals surface area contributed by atoms with Crippen molar-refractivity contribution in [2.45, 2.75) is 86.8 Å². The Labute approximate surface area is 221 Å². The first kappa shape index (κ1) is 25.8. The number of benzene rings is 1. The van der Waals surface area contributed by atoms with E-state index in [1.807, 2.05) is 18.7 Å². The lowest BCUT2D eigenvalue weighted by Crippen LogP contribution is -2.49. The maximum atomic E-state index is 12.6. The van der Waals surface area contributed by atoms with Crippen molar-refractivity contribution in [1.82, 2.24) is 14.9 Å². The summed E-state index contributed by atoms with van der Waals surface area (Å²) in [5, 5.41) is -0.193. The third-order valence-corrected chi connectivity index (χ3v) is 9.42. The van der Waals surface area contributed by atoms with E-state index in [1.165, 1.54) is 31.6 Å². The van der Waals surface area contributed by atoms with Gasteiger partial charge in [-0.15, -0.1) is 0 Å². The van der Waals surface area contributed by atoms with Crippen molar-refractivity contribution >= 4 is 27.5 Å². The molecule has 3 aliphatic rings. The van der Waals surface area contributed by atoms with Gasteiger partial charge in [-0.1, -0.05) is 11.6 Å². The van der Waals surface area contributed by atoms with Gasteiger partial charge in [-0.05, 0) is 57.7 Å². The number of carbonyl (C=O) groups excluding carboxylic acids is 1. The third-order valence-electron chi connectivity index (χ3n) is 6.86. The van der Waals surface area contributed by atoms with Gasteiger partial charge in [-0.3, -0.25) is 0 Å². The lowest BCUT2D eigenvalue weighted by Gasteiger charge is -2.38. The average Bonchev–Trinajstić information content (AvgIpc) is 3.66. The number of hydrogen-bond acceptors (Lipinski definition) is 9. The van der Waals surface area contributed by atoms with E-state index in [9.17, 15) is 13.2 Å². The zero-order chi connectivity index (χ0) is 26.3. The second-order valence-electron chi connectivity index (χ2n) is 9.89. The van der Waals surface area contributed by atoms with Gasteiger partial charge in [-0.25, -0.2) is 13.2 Å². The standard InChI is InChI=1S/C25H30ClN3O7S/c1-14(2)34-25(30)29-15-4-5-16(29)11-17(10-15)35-23-22(33-3)24(28-13-27-23)36-21-9-8-19(12-20(21)26)37(31,32)18-6-7-18/h8-9,12-18H,4-7,10-11H2,1-3H3/t15-,16?,17?/m0/s1. The molecule has 1 aromatic heterocycles. The third kappa shape index (κ3) is 5.29. The van der Waals surface area contributed by atoms with Gasteiger partial charge in [0.05, 0.1) is 28.4 Å². The highest BCUT2D eigenvalue weighted by molar-refractivity contribution is 7.92. The highest BCUT2D eigenvalue weighted by Crippen LogP contribution is 2.43. The number of carbonyl (C=O) groups is 1. The Balaban J connectivity index is 1.30. The number of sulfone groups is 1. The molecule has 2 bridgehead atoms. The molecular formula is C25H30ClN3O7S. The van der Waals surface area contributed by atoms with E-state index in [-0.39, 0.29) is 68.8 Å². The van der Waals surface area contributed by atoms with Crippen molar-refractivity contribution in [2.24, 2.45) is 0 Å². The number of halogens is 1. The minimum Gasteiger partial charge on any atom is -0.487 e. The number of fused-ring (bicyclic) bond motifs is 2. The van der Waals surface area contributed by atoms with Crippen LogP contribution in [0.4, 0.5) is 4.79 Å². The van der Waals surface area contributed by atoms with Gasteiger partial charge in [0.25, 0.3) is 11.8 Å². The van der Waals surface area contributed by atoms with Gasteiger partial charge < -0.3 is 23.8 Å². The molecule has 2 aromatic rings. The van der Waals surface area contributed by atoms with E-state index >= 15 is 0 Å². The average molecular weight is 552 g/mol. The number of hydrogen-bond donors (Lipinski definition) is 0. The molecule has 0 radical (unpaired) electrons. The maximum absolute atomic E-state index is 12.6. The van der Waals surface area contributed by atoms with Crippen LogP contribution in [0.15, 0.2) is 29.4 Å². The number of piperidine rings is 1. The zero-order valence-electron chi connectivity index (χ0n) is 20.9. The molecule has 12 heteroatoms. The van der Waals surface area contributed by atoms with Crippen molar-refractivity contribution in [3.8, 4) is 23.3 Å². The van der Waals surface area contributed by atoms with Crippen LogP contribution in [0, 0.1) is 0 Å². The Hall–Kier alpha value is -2.79. The van der Waals surface area contributed by atoms with Crippen LogP contribution in [0.3, 0.4) is 0 Å². The van der Waals surface area contributed by atoms with Gasteiger partial charge in [0.2, 0.25) is 5.75 Å². The molecular weight excluding hydrogens is 522 g/mol. The minimum atomic E-state index is -3.38. The molecule has 2 aliphatic heterocycles. The summed E-state index contributed by atoms with van der Waals surface area (Å²) in [7, 11) is -1.92. The van der Waals surface area contributed by atoms with Crippen molar-refractivity contribution in [1.29, 1.82) is 0 Å². The molecule has 2 unspecified atom stereocenters. The van der Waals surface area contributed by atoms with Crippen LogP contribution in [0.25, 0.3) is 0 Å². The van der Waals surface area contributed by atoms with Gasteiger partial charge in [0.1, 0.15) is 18.2 Å². The Morgan fingerprint density at radius 2 is 1.76 bits per heavy atom. The lowest BCUT2D eigenvalue weighted by molar-refractivity contribution is 0.0201. The predicted octanol–water partition coefficient (Wildman–Crippen LogP) is 4.79. The molecule has 200 valence electrons. The Morgan fingerprint density at radius 3 is 2.35 bits per heavy atom. The zero-order valence-corrected chi connectivity index (χ0v) is 22.5. The molecule has 1 amide bonds. The molecule has 0 spiro atoms. The number of ether oxygens (including phenoxy) is 4. The van der Waals surface area contributed by atoms with Crippen molar-refractivity contribution < 1.29 is 32.2 Å². The van der Waals surface area contributed by atoms with Crippen molar-refractivity contribution in [3.63, 3.8) is 0 Å². The molecule has 37 heavy (non-hydrogen) atoms. The number of rotatable bonds is 8. The first-order valence-electron chi connectivity index (χ1n) is 12.4. The normalized spacial score (nSPS) is 23.2. The fraction of sp³-hybridized carbons (Fsp3) is 0.560. The van der Waals surface area contributed by atoms with E-state index in [0.717, 1.165) is 12.8 Å². The van der Waals surface area contributed by atoms with Crippen LogP contribution in [-0.4, -0.2) is 66.0 Å². The largest absolute Gasteiger partial charge is 0.487 e. The molecule has 2 saturated heterocycles. The molecule has 3 atom stereocenters. The second kappa shape index (κ2) is 10.2. The van der Waals surface area contributed by atoms with Crippen LogP contribution >= 0.6 is 11.6 Å². The summed E-state index contributed by atoms with van der Waals surface area (Å²) in [5.74, 6) is 0.740. The summed E-state index contributed by atoms with van der Waals surface area (Å²) < 4.78 is 48.1. The monoisotopic (exact) mass is 551 g/mol. The molecule has 10 nitrogen and oxygen atoms in total. The molecule has 0 N–H and O–H groups in total. The Kier molecular flexibility index (Phi) is 7.10. The number of nitrogens with zero attached hydrogens (tertiary/aromatic N) is 3. The molecule has 3 fully saturated rings. The molecule has 1 aliphatic carbocycles. The first-order valence-corrected chi connectivity index (χ1v) is 14.4. The highest BCUT2D eigenvalue weighted by Gasteiger charge is 2.45. The summed E-state index contributed by atoms with van der Waals surface area (Å²) in [4.78, 5) is 23.0. The lowest BCUT2D eigenvalue weighted by atomic mass is 10.0. The number of amides is 1. The molecule has 5 rings (SSSR count). The van der Waals surface area contributed by atoms with Gasteiger partial charge in [-0.2, -0.15) is 9.97 Å². The van der Waals surface area contributed by atoms with Crippen LogP contribution in [0.1, 0.15) is 52.4 Å². The predicted molar refractivity (Wildman–Crippen MR) is 134 cm³/mol. The SMILES string of the molecule is COc1c(Oc2ccc(S(=O)(=O)C3CC3)cc2Cl)ncnc1OC1CC2CC[C@@H](C1)N2C(=O)OC(C)C. The van der Waals surface area contributed by atoms with Crippen LogP contribution < -0.4 is 14.2 Å². The Morgan fingerprint density at radius 1 is 1.08 bits per heavy atom. The van der Waals surface area contributed by atoms with Crippen LogP contribution in [0.5, 0.6) is 23.3 Å². The maximum Gasteiger partial charge on any atom is 0.410 e. The van der Waals surface area contributed by atoms with Gasteiger partial charge in [0.15, 0.2) is 9.84 Å². The molecule has 1 aromatic carbocycles. The van der Waals surface area contributed by atoms with Gasteiger partial charge >= 0.3 is 6.09 Å². The summed E-state index contributed by atoms with van der Waals surface area (Å²) in [6.07, 6.45) is 5.12. The van der Waals surface area contributed by atoms with E-state index in [1.54, 1.807) is 0 Å². The van der Waals surface area contributed by atoms with Crippen LogP contribution in [-0.2, 0) is 14.6 Å². The van der Waals surface area contributed by atoms with Crippen molar-refractivity contribution in [2.75, 3.05) is 7.11 Å². The first-order chi connectivity index (χ1) is 17.7. The summed E-state index contributed by atoms with van der Waals surface area (Å²) in [5.41, 5.74) is 0. The summed E-state index contributed by atoms with van der Waals surface area (Å²) >= 11 is 6.36. The topological polar surface area (TPSA) is 117 Å². The van der Waals surface area contributed by atoms with E-state index in [0.29, 0.717) is 25.7 Å². The van der Waals surface area contributed by atoms with Crippen LogP contribution in [0.2, 0.25) is 5.02 Å².